The Hall–Kier alpha value is -1.93. The quantitative estimate of drug-likeness (QED) is 0.729. The Morgan fingerprint density at radius 3 is 2.62 bits per heavy atom. The molecule has 2 aliphatic heterocycles. The number of hydrogen-bond donors (Lipinski definition) is 1. The molecule has 0 aromatic heterocycles. The Balaban J connectivity index is 2.36. The number of esters is 2. The van der Waals surface area contributed by atoms with Crippen molar-refractivity contribution in [1.29, 1.82) is 0 Å². The molecule has 0 bridgehead atoms. The Labute approximate surface area is 122 Å². The van der Waals surface area contributed by atoms with Crippen molar-refractivity contribution in [2.24, 2.45) is 11.0 Å². The third-order valence-electron chi connectivity index (χ3n) is 3.35. The van der Waals surface area contributed by atoms with Crippen LogP contribution >= 0.6 is 0 Å². The number of methoxy groups -OCH3 is 2. The summed E-state index contributed by atoms with van der Waals surface area (Å²) in [5, 5.41) is 3.93. The number of hydrogen-bond acceptors (Lipinski definition) is 8. The molecule has 0 radical (unpaired) electrons. The van der Waals surface area contributed by atoms with E-state index in [-0.39, 0.29) is 30.9 Å². The highest BCUT2D eigenvalue weighted by Crippen LogP contribution is 2.27. The Morgan fingerprint density at radius 1 is 1.29 bits per heavy atom. The molecule has 0 spiro atoms. The third-order valence-corrected chi connectivity index (χ3v) is 3.35. The molecule has 116 valence electrons. The van der Waals surface area contributed by atoms with E-state index in [1.165, 1.54) is 14.2 Å². The van der Waals surface area contributed by atoms with Crippen LogP contribution in [0.5, 0.6) is 0 Å². The zero-order chi connectivity index (χ0) is 15.4. The van der Waals surface area contributed by atoms with Gasteiger partial charge in [-0.15, -0.1) is 0 Å². The van der Waals surface area contributed by atoms with Gasteiger partial charge in [-0.1, -0.05) is 6.92 Å². The van der Waals surface area contributed by atoms with E-state index in [2.05, 4.69) is 10.5 Å². The molecule has 8 heteroatoms. The summed E-state index contributed by atoms with van der Waals surface area (Å²) in [4.78, 5) is 23.6. The molecule has 1 fully saturated rings. The van der Waals surface area contributed by atoms with E-state index in [4.69, 9.17) is 18.9 Å². The number of hydrazone groups is 1. The highest BCUT2D eigenvalue weighted by Gasteiger charge is 2.37. The van der Waals surface area contributed by atoms with Crippen LogP contribution in [0.25, 0.3) is 0 Å². The predicted octanol–water partition coefficient (Wildman–Crippen LogP) is -0.0552. The molecule has 2 atom stereocenters. The average Bonchev–Trinajstić information content (AvgIpc) is 2.75. The fraction of sp³-hybridized carbons (Fsp3) is 0.615. The van der Waals surface area contributed by atoms with Crippen LogP contribution in [0.3, 0.4) is 0 Å². The summed E-state index contributed by atoms with van der Waals surface area (Å²) in [6.07, 6.45) is 0.270. The smallest absolute Gasteiger partial charge is 0.356 e. The largest absolute Gasteiger partial charge is 0.464 e. The van der Waals surface area contributed by atoms with Gasteiger partial charge in [0, 0.05) is 0 Å². The van der Waals surface area contributed by atoms with Gasteiger partial charge < -0.3 is 18.9 Å². The Bertz CT molecular complexity index is 499. The van der Waals surface area contributed by atoms with Crippen LogP contribution in [0.2, 0.25) is 0 Å². The van der Waals surface area contributed by atoms with Gasteiger partial charge in [-0.05, 0) is 12.0 Å². The molecule has 0 aromatic rings. The lowest BCUT2D eigenvalue weighted by Gasteiger charge is -2.24. The summed E-state index contributed by atoms with van der Waals surface area (Å²) >= 11 is 0. The van der Waals surface area contributed by atoms with Crippen LogP contribution < -0.4 is 5.43 Å². The second-order valence-electron chi connectivity index (χ2n) is 4.53. The van der Waals surface area contributed by atoms with Gasteiger partial charge in [-0.3, -0.25) is 5.43 Å². The molecule has 0 saturated carbocycles. The maximum absolute atomic E-state index is 11.8. The topological polar surface area (TPSA) is 95.5 Å². The molecule has 2 heterocycles. The van der Waals surface area contributed by atoms with Crippen molar-refractivity contribution in [1.82, 2.24) is 5.43 Å². The molecule has 0 aromatic carbocycles. The summed E-state index contributed by atoms with van der Waals surface area (Å²) in [6, 6.07) is 0. The SMILES string of the molecule is CC[C@@H]1OCC2=C(C(=O)OC)NN=C(C(=O)OC)[C@@H]2CO1. The Kier molecular flexibility index (Phi) is 4.92. The van der Waals surface area contributed by atoms with E-state index < -0.39 is 17.9 Å². The van der Waals surface area contributed by atoms with Crippen molar-refractivity contribution in [3.05, 3.63) is 11.3 Å². The van der Waals surface area contributed by atoms with Gasteiger partial charge in [0.15, 0.2) is 12.0 Å². The summed E-state index contributed by atoms with van der Waals surface area (Å²) < 4.78 is 20.6. The van der Waals surface area contributed by atoms with Crippen molar-refractivity contribution >= 4 is 17.7 Å². The predicted molar refractivity (Wildman–Crippen MR) is 71.1 cm³/mol. The second-order valence-corrected chi connectivity index (χ2v) is 4.53. The van der Waals surface area contributed by atoms with Gasteiger partial charge in [0.2, 0.25) is 0 Å². The van der Waals surface area contributed by atoms with Crippen LogP contribution in [-0.2, 0) is 28.5 Å². The van der Waals surface area contributed by atoms with E-state index >= 15 is 0 Å². The van der Waals surface area contributed by atoms with Gasteiger partial charge in [0.25, 0.3) is 0 Å². The zero-order valence-electron chi connectivity index (χ0n) is 12.2. The fourth-order valence-corrected chi connectivity index (χ4v) is 2.20. The number of fused-ring (bicyclic) bond motifs is 1. The molecule has 0 amide bonds. The molecule has 2 rings (SSSR count). The van der Waals surface area contributed by atoms with Crippen LogP contribution in [0, 0.1) is 5.92 Å². The summed E-state index contributed by atoms with van der Waals surface area (Å²) in [5.74, 6) is -1.64. The first-order chi connectivity index (χ1) is 10.1. The lowest BCUT2D eigenvalue weighted by molar-refractivity contribution is -0.137. The van der Waals surface area contributed by atoms with E-state index in [0.717, 1.165) is 0 Å². The standard InChI is InChI=1S/C13H18N2O6/c1-4-9-20-5-7-8(6-21-9)11(13(17)19-3)15-14-10(7)12(16)18-2/h7,9,15H,4-6H2,1-3H3/t7-,9+/m1/s1. The van der Waals surface area contributed by atoms with Crippen LogP contribution in [-0.4, -0.2) is 51.4 Å². The minimum absolute atomic E-state index is 0.149. The minimum Gasteiger partial charge on any atom is -0.464 e. The average molecular weight is 298 g/mol. The monoisotopic (exact) mass is 298 g/mol. The van der Waals surface area contributed by atoms with Gasteiger partial charge in [-0.2, -0.15) is 5.10 Å². The normalized spacial score (nSPS) is 25.2. The second kappa shape index (κ2) is 6.68. The van der Waals surface area contributed by atoms with E-state index in [9.17, 15) is 9.59 Å². The lowest BCUT2D eigenvalue weighted by atomic mass is 9.92. The maximum Gasteiger partial charge on any atom is 0.356 e. The summed E-state index contributed by atoms with van der Waals surface area (Å²) in [7, 11) is 2.54. The molecule has 8 nitrogen and oxygen atoms in total. The first kappa shape index (κ1) is 15.5. The zero-order valence-corrected chi connectivity index (χ0v) is 12.2. The molecular weight excluding hydrogens is 280 g/mol. The highest BCUT2D eigenvalue weighted by molar-refractivity contribution is 6.38. The van der Waals surface area contributed by atoms with E-state index in [1.54, 1.807) is 0 Å². The van der Waals surface area contributed by atoms with Crippen molar-refractivity contribution in [2.45, 2.75) is 19.6 Å². The molecule has 1 N–H and O–H groups in total. The molecule has 0 aliphatic carbocycles. The van der Waals surface area contributed by atoms with Crippen molar-refractivity contribution < 1.29 is 28.5 Å². The minimum atomic E-state index is -0.576. The van der Waals surface area contributed by atoms with Crippen molar-refractivity contribution in [2.75, 3.05) is 27.4 Å². The van der Waals surface area contributed by atoms with Crippen molar-refractivity contribution in [3.8, 4) is 0 Å². The van der Waals surface area contributed by atoms with Gasteiger partial charge >= 0.3 is 11.9 Å². The maximum atomic E-state index is 11.8. The fourth-order valence-electron chi connectivity index (χ4n) is 2.20. The summed E-state index contributed by atoms with van der Waals surface area (Å²) in [6.45, 7) is 2.25. The first-order valence-corrected chi connectivity index (χ1v) is 6.58. The third kappa shape index (κ3) is 3.06. The number of nitrogens with one attached hydrogen (secondary N) is 1. The van der Waals surface area contributed by atoms with Gasteiger partial charge in [0.1, 0.15) is 5.70 Å². The number of nitrogens with zero attached hydrogens (tertiary/aromatic N) is 1. The van der Waals surface area contributed by atoms with Crippen molar-refractivity contribution in [3.63, 3.8) is 0 Å². The number of ether oxygens (including phenoxy) is 4. The molecule has 1 saturated heterocycles. The van der Waals surface area contributed by atoms with Gasteiger partial charge in [-0.25, -0.2) is 9.59 Å². The van der Waals surface area contributed by atoms with Crippen LogP contribution in [0.15, 0.2) is 16.4 Å². The molecular formula is C13H18N2O6. The molecule has 0 unspecified atom stereocenters. The lowest BCUT2D eigenvalue weighted by Crippen LogP contribution is -2.39. The van der Waals surface area contributed by atoms with Crippen LogP contribution in [0.1, 0.15) is 13.3 Å². The summed E-state index contributed by atoms with van der Waals surface area (Å²) in [5.41, 5.74) is 3.46. The number of rotatable bonds is 3. The van der Waals surface area contributed by atoms with E-state index in [0.29, 0.717) is 12.0 Å². The molecule has 21 heavy (non-hydrogen) atoms. The van der Waals surface area contributed by atoms with Crippen LogP contribution in [0.4, 0.5) is 0 Å². The first-order valence-electron chi connectivity index (χ1n) is 6.58. The van der Waals surface area contributed by atoms with E-state index in [1.807, 2.05) is 6.92 Å². The highest BCUT2D eigenvalue weighted by atomic mass is 16.7. The van der Waals surface area contributed by atoms with Gasteiger partial charge in [0.05, 0.1) is 33.4 Å². The number of carbonyl (C=O) groups excluding carboxylic acids is 2. The number of carbonyl (C=O) groups is 2. The molecule has 2 aliphatic rings. The Morgan fingerprint density at radius 2 is 2.00 bits per heavy atom.